The highest BCUT2D eigenvalue weighted by atomic mass is 16.5. The fraction of sp³-hybridized carbons (Fsp3) is 0.400. The third kappa shape index (κ3) is 4.95. The molecule has 0 atom stereocenters. The van der Waals surface area contributed by atoms with Gasteiger partial charge < -0.3 is 15.4 Å². The van der Waals surface area contributed by atoms with Gasteiger partial charge in [0.1, 0.15) is 11.4 Å². The first kappa shape index (κ1) is 17.3. The van der Waals surface area contributed by atoms with Crippen LogP contribution in [0.25, 0.3) is 0 Å². The van der Waals surface area contributed by atoms with Crippen LogP contribution in [0.4, 0.5) is 11.4 Å². The van der Waals surface area contributed by atoms with Crippen molar-refractivity contribution in [2.24, 2.45) is 0 Å². The Morgan fingerprint density at radius 1 is 1.08 bits per heavy atom. The SMILES string of the molecule is CCOc1ccc(Nc2ccc(C(=O)NC3CCCCC3)nc2)cc1. The van der Waals surface area contributed by atoms with Crippen LogP contribution in [0.1, 0.15) is 49.5 Å². The zero-order chi connectivity index (χ0) is 17.5. The maximum Gasteiger partial charge on any atom is 0.270 e. The number of ether oxygens (including phenoxy) is 1. The van der Waals surface area contributed by atoms with Gasteiger partial charge in [-0.2, -0.15) is 0 Å². The monoisotopic (exact) mass is 339 g/mol. The summed E-state index contributed by atoms with van der Waals surface area (Å²) < 4.78 is 5.43. The minimum atomic E-state index is -0.0838. The lowest BCUT2D eigenvalue weighted by molar-refractivity contribution is 0.0922. The molecule has 0 spiro atoms. The van der Waals surface area contributed by atoms with E-state index in [0.717, 1.165) is 30.0 Å². The molecule has 25 heavy (non-hydrogen) atoms. The van der Waals surface area contributed by atoms with Crippen molar-refractivity contribution < 1.29 is 9.53 Å². The Hall–Kier alpha value is -2.56. The lowest BCUT2D eigenvalue weighted by Crippen LogP contribution is -2.36. The third-order valence-electron chi connectivity index (χ3n) is 4.39. The number of nitrogens with one attached hydrogen (secondary N) is 2. The van der Waals surface area contributed by atoms with Crippen LogP contribution < -0.4 is 15.4 Å². The van der Waals surface area contributed by atoms with Gasteiger partial charge in [-0.3, -0.25) is 4.79 Å². The summed E-state index contributed by atoms with van der Waals surface area (Å²) in [5.74, 6) is 0.764. The number of rotatable bonds is 6. The molecule has 2 aromatic rings. The fourth-order valence-electron chi connectivity index (χ4n) is 3.08. The van der Waals surface area contributed by atoms with Crippen LogP contribution in [-0.4, -0.2) is 23.5 Å². The number of amides is 1. The van der Waals surface area contributed by atoms with Crippen molar-refractivity contribution in [3.8, 4) is 5.75 Å². The Morgan fingerprint density at radius 2 is 1.80 bits per heavy atom. The van der Waals surface area contributed by atoms with Crippen LogP contribution in [0.5, 0.6) is 5.75 Å². The summed E-state index contributed by atoms with van der Waals surface area (Å²) >= 11 is 0. The standard InChI is InChI=1S/C20H25N3O2/c1-2-25-18-11-8-16(9-12-18)22-17-10-13-19(21-14-17)20(24)23-15-6-4-3-5-7-15/h8-15,22H,2-7H2,1H3,(H,23,24). The summed E-state index contributed by atoms with van der Waals surface area (Å²) in [5, 5.41) is 6.36. The lowest BCUT2D eigenvalue weighted by atomic mass is 9.95. The van der Waals surface area contributed by atoms with Crippen molar-refractivity contribution in [2.45, 2.75) is 45.1 Å². The van der Waals surface area contributed by atoms with Crippen molar-refractivity contribution in [3.05, 3.63) is 48.3 Å². The molecule has 1 aromatic heterocycles. The Morgan fingerprint density at radius 3 is 2.44 bits per heavy atom. The number of carbonyl (C=O) groups is 1. The lowest BCUT2D eigenvalue weighted by Gasteiger charge is -2.22. The molecule has 0 aliphatic heterocycles. The molecule has 5 nitrogen and oxygen atoms in total. The van der Waals surface area contributed by atoms with Gasteiger partial charge in [-0.15, -0.1) is 0 Å². The van der Waals surface area contributed by atoms with E-state index in [1.54, 1.807) is 12.3 Å². The summed E-state index contributed by atoms with van der Waals surface area (Å²) in [5.41, 5.74) is 2.26. The van der Waals surface area contributed by atoms with Crippen LogP contribution >= 0.6 is 0 Å². The highest BCUT2D eigenvalue weighted by Gasteiger charge is 2.17. The number of carbonyl (C=O) groups excluding carboxylic acids is 1. The van der Waals surface area contributed by atoms with Crippen LogP contribution in [0, 0.1) is 0 Å². The van der Waals surface area contributed by atoms with Gasteiger partial charge in [0.05, 0.1) is 18.5 Å². The molecule has 1 heterocycles. The number of hydrogen-bond donors (Lipinski definition) is 2. The van der Waals surface area contributed by atoms with Gasteiger partial charge in [-0.25, -0.2) is 4.98 Å². The first-order chi connectivity index (χ1) is 12.2. The molecule has 2 N–H and O–H groups in total. The summed E-state index contributed by atoms with van der Waals surface area (Å²) in [7, 11) is 0. The van der Waals surface area contributed by atoms with Gasteiger partial charge in [0, 0.05) is 11.7 Å². The van der Waals surface area contributed by atoms with Crippen molar-refractivity contribution in [1.82, 2.24) is 10.3 Å². The molecule has 5 heteroatoms. The van der Waals surface area contributed by atoms with Crippen LogP contribution in [-0.2, 0) is 0 Å². The molecule has 1 saturated carbocycles. The van der Waals surface area contributed by atoms with E-state index in [-0.39, 0.29) is 5.91 Å². The average Bonchev–Trinajstić information content (AvgIpc) is 2.65. The molecule has 1 aliphatic rings. The van der Waals surface area contributed by atoms with E-state index in [4.69, 9.17) is 4.74 Å². The van der Waals surface area contributed by atoms with Crippen molar-refractivity contribution in [2.75, 3.05) is 11.9 Å². The second-order valence-corrected chi connectivity index (χ2v) is 6.32. The summed E-state index contributed by atoms with van der Waals surface area (Å²) in [4.78, 5) is 16.6. The van der Waals surface area contributed by atoms with Crippen molar-refractivity contribution in [1.29, 1.82) is 0 Å². The third-order valence-corrected chi connectivity index (χ3v) is 4.39. The molecule has 0 saturated heterocycles. The zero-order valence-corrected chi connectivity index (χ0v) is 14.6. The largest absolute Gasteiger partial charge is 0.494 e. The second-order valence-electron chi connectivity index (χ2n) is 6.32. The Bertz CT molecular complexity index is 677. The highest BCUT2D eigenvalue weighted by Crippen LogP contribution is 2.20. The first-order valence-electron chi connectivity index (χ1n) is 9.01. The van der Waals surface area contributed by atoms with Gasteiger partial charge in [0.15, 0.2) is 0 Å². The highest BCUT2D eigenvalue weighted by molar-refractivity contribution is 5.92. The number of nitrogens with zero attached hydrogens (tertiary/aromatic N) is 1. The van der Waals surface area contributed by atoms with Crippen LogP contribution in [0.3, 0.4) is 0 Å². The Kier molecular flexibility index (Phi) is 5.88. The quantitative estimate of drug-likeness (QED) is 0.824. The predicted molar refractivity (Wildman–Crippen MR) is 99.5 cm³/mol. The van der Waals surface area contributed by atoms with E-state index in [1.807, 2.05) is 37.3 Å². The smallest absolute Gasteiger partial charge is 0.270 e. The van der Waals surface area contributed by atoms with E-state index < -0.39 is 0 Å². The van der Waals surface area contributed by atoms with Gasteiger partial charge in [-0.05, 0) is 56.2 Å². The zero-order valence-electron chi connectivity index (χ0n) is 14.6. The Labute approximate surface area is 148 Å². The normalized spacial score (nSPS) is 14.8. The van der Waals surface area contributed by atoms with Gasteiger partial charge >= 0.3 is 0 Å². The molecule has 132 valence electrons. The first-order valence-corrected chi connectivity index (χ1v) is 9.01. The summed E-state index contributed by atoms with van der Waals surface area (Å²) in [6.45, 7) is 2.62. The maximum atomic E-state index is 12.3. The van der Waals surface area contributed by atoms with Gasteiger partial charge in [0.2, 0.25) is 0 Å². The molecule has 0 radical (unpaired) electrons. The van der Waals surface area contributed by atoms with E-state index >= 15 is 0 Å². The molecule has 1 fully saturated rings. The number of pyridine rings is 1. The van der Waals surface area contributed by atoms with Crippen molar-refractivity contribution >= 4 is 17.3 Å². The van der Waals surface area contributed by atoms with Crippen molar-refractivity contribution in [3.63, 3.8) is 0 Å². The molecule has 3 rings (SSSR count). The number of hydrogen-bond acceptors (Lipinski definition) is 4. The van der Waals surface area contributed by atoms with Crippen LogP contribution in [0.15, 0.2) is 42.6 Å². The molecule has 1 aliphatic carbocycles. The van der Waals surface area contributed by atoms with E-state index in [1.165, 1.54) is 19.3 Å². The number of benzene rings is 1. The van der Waals surface area contributed by atoms with E-state index in [2.05, 4.69) is 15.6 Å². The predicted octanol–water partition coefficient (Wildman–Crippen LogP) is 4.29. The topological polar surface area (TPSA) is 63.2 Å². The minimum absolute atomic E-state index is 0.0838. The summed E-state index contributed by atoms with van der Waals surface area (Å²) in [6, 6.07) is 11.7. The molecular formula is C20H25N3O2. The van der Waals surface area contributed by atoms with Gasteiger partial charge in [-0.1, -0.05) is 19.3 Å². The molecule has 1 amide bonds. The van der Waals surface area contributed by atoms with E-state index in [0.29, 0.717) is 18.3 Å². The van der Waals surface area contributed by atoms with E-state index in [9.17, 15) is 4.79 Å². The number of aromatic nitrogens is 1. The minimum Gasteiger partial charge on any atom is -0.494 e. The van der Waals surface area contributed by atoms with Gasteiger partial charge in [0.25, 0.3) is 5.91 Å². The Balaban J connectivity index is 1.56. The van der Waals surface area contributed by atoms with Crippen LogP contribution in [0.2, 0.25) is 0 Å². The number of anilines is 2. The summed E-state index contributed by atoms with van der Waals surface area (Å²) in [6.07, 6.45) is 7.50. The molecule has 0 bridgehead atoms. The average molecular weight is 339 g/mol. The maximum absolute atomic E-state index is 12.3. The molecule has 0 unspecified atom stereocenters. The molecular weight excluding hydrogens is 314 g/mol. The fourth-order valence-corrected chi connectivity index (χ4v) is 3.08. The molecule has 1 aromatic carbocycles. The second kappa shape index (κ2) is 8.51.